The normalized spacial score (nSPS) is 18.0. The van der Waals surface area contributed by atoms with Crippen molar-refractivity contribution in [1.82, 2.24) is 19.1 Å². The van der Waals surface area contributed by atoms with Gasteiger partial charge in [-0.15, -0.1) is 21.5 Å². The fourth-order valence-corrected chi connectivity index (χ4v) is 9.25. The standard InChI is InChI=1S/C31H41N5O6S3/c1-6-42-30(38)26-24-11-10-20(4)16-25(24)44-29(26)32-28(37)21(5)43-31-34-33-27(36(31)18-19(2)3)22-8-7-9-23(17-22)45(39,40)35-12-14-41-15-13-35/h7-9,17,19-21H,6,10-16,18H2,1-5H3,(H,32,37)/t20-,21-/m1/s1. The lowest BCUT2D eigenvalue weighted by Crippen LogP contribution is -2.40. The number of anilines is 1. The van der Waals surface area contributed by atoms with E-state index in [0.29, 0.717) is 65.9 Å². The maximum atomic E-state index is 13.5. The summed E-state index contributed by atoms with van der Waals surface area (Å²) in [7, 11) is -3.69. The maximum absolute atomic E-state index is 13.5. The zero-order valence-corrected chi connectivity index (χ0v) is 28.8. The van der Waals surface area contributed by atoms with Crippen LogP contribution in [0.3, 0.4) is 0 Å². The molecule has 1 fully saturated rings. The van der Waals surface area contributed by atoms with Crippen LogP contribution in [0.5, 0.6) is 0 Å². The van der Waals surface area contributed by atoms with Crippen LogP contribution in [0.25, 0.3) is 11.4 Å². The number of nitrogens with zero attached hydrogens (tertiary/aromatic N) is 4. The molecule has 0 saturated carbocycles. The first-order valence-electron chi connectivity index (χ1n) is 15.4. The molecular weight excluding hydrogens is 635 g/mol. The number of nitrogens with one attached hydrogen (secondary N) is 1. The van der Waals surface area contributed by atoms with Gasteiger partial charge >= 0.3 is 5.97 Å². The molecular formula is C31H41N5O6S3. The molecule has 2 atom stereocenters. The molecule has 1 N–H and O–H groups in total. The number of thioether (sulfide) groups is 1. The summed E-state index contributed by atoms with van der Waals surface area (Å²) in [6, 6.07) is 6.75. The monoisotopic (exact) mass is 675 g/mol. The van der Waals surface area contributed by atoms with E-state index in [2.05, 4.69) is 36.3 Å². The van der Waals surface area contributed by atoms with Gasteiger partial charge in [-0.2, -0.15) is 4.31 Å². The van der Waals surface area contributed by atoms with Crippen LogP contribution in [0.2, 0.25) is 0 Å². The highest BCUT2D eigenvalue weighted by atomic mass is 32.2. The first-order valence-corrected chi connectivity index (χ1v) is 18.5. The van der Waals surface area contributed by atoms with Crippen molar-refractivity contribution in [3.63, 3.8) is 0 Å². The number of thiophene rings is 1. The molecule has 5 rings (SSSR count). The van der Waals surface area contributed by atoms with Crippen molar-refractivity contribution >= 4 is 50.0 Å². The van der Waals surface area contributed by atoms with Gasteiger partial charge in [-0.05, 0) is 62.6 Å². The fourth-order valence-electron chi connectivity index (χ4n) is 5.53. The molecule has 1 amide bonds. The Morgan fingerprint density at radius 2 is 1.96 bits per heavy atom. The molecule has 3 heterocycles. The number of ether oxygens (including phenoxy) is 2. The molecule has 3 aromatic rings. The van der Waals surface area contributed by atoms with Crippen LogP contribution in [-0.4, -0.2) is 77.5 Å². The molecule has 1 aliphatic carbocycles. The number of fused-ring (bicyclic) bond motifs is 1. The van der Waals surface area contributed by atoms with E-state index in [1.165, 1.54) is 27.4 Å². The van der Waals surface area contributed by atoms with Crippen LogP contribution < -0.4 is 5.32 Å². The molecule has 1 aliphatic heterocycles. The lowest BCUT2D eigenvalue weighted by molar-refractivity contribution is -0.115. The minimum absolute atomic E-state index is 0.188. The third kappa shape index (κ3) is 7.46. The Morgan fingerprint density at radius 3 is 2.67 bits per heavy atom. The lowest BCUT2D eigenvalue weighted by atomic mass is 9.88. The number of amides is 1. The summed E-state index contributed by atoms with van der Waals surface area (Å²) in [5.74, 6) is 0.625. The summed E-state index contributed by atoms with van der Waals surface area (Å²) in [5, 5.41) is 12.4. The quantitative estimate of drug-likeness (QED) is 0.218. The van der Waals surface area contributed by atoms with Crippen LogP contribution in [0.1, 0.15) is 61.8 Å². The van der Waals surface area contributed by atoms with Crippen molar-refractivity contribution in [2.24, 2.45) is 11.8 Å². The highest BCUT2D eigenvalue weighted by Gasteiger charge is 2.31. The fraction of sp³-hybridized carbons (Fsp3) is 0.548. The average molecular weight is 676 g/mol. The van der Waals surface area contributed by atoms with Crippen molar-refractivity contribution < 1.29 is 27.5 Å². The van der Waals surface area contributed by atoms with Gasteiger partial charge in [0.05, 0.1) is 35.5 Å². The number of sulfonamides is 1. The van der Waals surface area contributed by atoms with Crippen molar-refractivity contribution in [3.05, 3.63) is 40.3 Å². The summed E-state index contributed by atoms with van der Waals surface area (Å²) in [6.07, 6.45) is 2.66. The summed E-state index contributed by atoms with van der Waals surface area (Å²) >= 11 is 2.74. The van der Waals surface area contributed by atoms with E-state index in [1.807, 2.05) is 10.6 Å². The van der Waals surface area contributed by atoms with E-state index >= 15 is 0 Å². The third-order valence-corrected chi connectivity index (χ3v) is 12.0. The molecule has 14 heteroatoms. The second kappa shape index (κ2) is 14.3. The molecule has 45 heavy (non-hydrogen) atoms. The van der Waals surface area contributed by atoms with Gasteiger partial charge in [-0.1, -0.05) is 44.7 Å². The first-order chi connectivity index (χ1) is 21.5. The van der Waals surface area contributed by atoms with Gasteiger partial charge in [0.15, 0.2) is 11.0 Å². The van der Waals surface area contributed by atoms with Gasteiger partial charge in [0, 0.05) is 30.1 Å². The van der Waals surface area contributed by atoms with Gasteiger partial charge < -0.3 is 19.4 Å². The Balaban J connectivity index is 1.39. The Morgan fingerprint density at radius 1 is 1.20 bits per heavy atom. The molecule has 1 aromatic carbocycles. The third-order valence-electron chi connectivity index (χ3n) is 7.84. The molecule has 0 spiro atoms. The molecule has 2 aromatic heterocycles. The molecule has 0 unspecified atom stereocenters. The van der Waals surface area contributed by atoms with Crippen molar-refractivity contribution in [2.45, 2.75) is 75.7 Å². The van der Waals surface area contributed by atoms with Gasteiger partial charge in [0.1, 0.15) is 5.00 Å². The zero-order chi connectivity index (χ0) is 32.3. The summed E-state index contributed by atoms with van der Waals surface area (Å²) < 4.78 is 40.8. The predicted molar refractivity (Wildman–Crippen MR) is 175 cm³/mol. The molecule has 0 bridgehead atoms. The number of carbonyl (C=O) groups is 2. The van der Waals surface area contributed by atoms with Crippen LogP contribution in [0.15, 0.2) is 34.3 Å². The second-order valence-corrected chi connectivity index (χ2v) is 16.2. The largest absolute Gasteiger partial charge is 0.462 e. The highest BCUT2D eigenvalue weighted by Crippen LogP contribution is 2.40. The van der Waals surface area contributed by atoms with E-state index in [-0.39, 0.29) is 23.3 Å². The summed E-state index contributed by atoms with van der Waals surface area (Å²) in [5.41, 5.74) is 2.09. The van der Waals surface area contributed by atoms with Gasteiger partial charge in [-0.3, -0.25) is 4.79 Å². The number of carbonyl (C=O) groups excluding carboxylic acids is 2. The topological polar surface area (TPSA) is 133 Å². The van der Waals surface area contributed by atoms with Gasteiger partial charge in [0.25, 0.3) is 0 Å². The minimum atomic E-state index is -3.69. The Labute approximate surface area is 273 Å². The Hall–Kier alpha value is -2.78. The van der Waals surface area contributed by atoms with E-state index < -0.39 is 21.2 Å². The van der Waals surface area contributed by atoms with Crippen LogP contribution in [-0.2, 0) is 43.7 Å². The number of aromatic nitrogens is 3. The molecule has 244 valence electrons. The number of rotatable bonds is 11. The number of esters is 1. The SMILES string of the molecule is CCOC(=O)c1c(NC(=O)[C@@H](C)Sc2nnc(-c3cccc(S(=O)(=O)N4CCOCC4)c3)n2CC(C)C)sc2c1CC[C@@H](C)C2. The highest BCUT2D eigenvalue weighted by molar-refractivity contribution is 8.00. The van der Waals surface area contributed by atoms with Gasteiger partial charge in [0.2, 0.25) is 15.9 Å². The zero-order valence-electron chi connectivity index (χ0n) is 26.4. The molecule has 1 saturated heterocycles. The average Bonchev–Trinajstić information content (AvgIpc) is 3.57. The summed E-state index contributed by atoms with van der Waals surface area (Å²) in [4.78, 5) is 27.8. The van der Waals surface area contributed by atoms with Crippen LogP contribution >= 0.6 is 23.1 Å². The molecule has 2 aliphatic rings. The van der Waals surface area contributed by atoms with E-state index in [4.69, 9.17) is 9.47 Å². The Kier molecular flexibility index (Phi) is 10.7. The Bertz CT molecular complexity index is 1640. The van der Waals surface area contributed by atoms with Crippen molar-refractivity contribution in [1.29, 1.82) is 0 Å². The predicted octanol–water partition coefficient (Wildman–Crippen LogP) is 5.10. The van der Waals surface area contributed by atoms with Crippen LogP contribution in [0.4, 0.5) is 5.00 Å². The summed E-state index contributed by atoms with van der Waals surface area (Å²) in [6.45, 7) is 12.1. The first kappa shape index (κ1) is 33.6. The lowest BCUT2D eigenvalue weighted by Gasteiger charge is -2.26. The van der Waals surface area contributed by atoms with Crippen molar-refractivity contribution in [2.75, 3.05) is 38.2 Å². The van der Waals surface area contributed by atoms with Gasteiger partial charge in [-0.25, -0.2) is 13.2 Å². The van der Waals surface area contributed by atoms with E-state index in [9.17, 15) is 18.0 Å². The number of hydrogen-bond acceptors (Lipinski definition) is 10. The van der Waals surface area contributed by atoms with E-state index in [0.717, 1.165) is 29.7 Å². The van der Waals surface area contributed by atoms with Crippen LogP contribution in [0, 0.1) is 11.8 Å². The second-order valence-electron chi connectivity index (χ2n) is 11.9. The van der Waals surface area contributed by atoms with Crippen molar-refractivity contribution in [3.8, 4) is 11.4 Å². The maximum Gasteiger partial charge on any atom is 0.341 e. The number of benzene rings is 1. The number of morpholine rings is 1. The molecule has 0 radical (unpaired) electrons. The number of hydrogen-bond donors (Lipinski definition) is 1. The molecule has 11 nitrogen and oxygen atoms in total. The van der Waals surface area contributed by atoms with E-state index in [1.54, 1.807) is 32.0 Å². The minimum Gasteiger partial charge on any atom is -0.462 e. The smallest absolute Gasteiger partial charge is 0.341 e.